The highest BCUT2D eigenvalue weighted by Gasteiger charge is 2.32. The zero-order valence-corrected chi connectivity index (χ0v) is 12.8. The molecule has 0 aromatic carbocycles. The summed E-state index contributed by atoms with van der Waals surface area (Å²) in [4.78, 5) is 2.57. The molecule has 1 heterocycles. The quantitative estimate of drug-likeness (QED) is 0.803. The van der Waals surface area contributed by atoms with E-state index in [2.05, 4.69) is 24.1 Å². The Kier molecular flexibility index (Phi) is 5.67. The second kappa shape index (κ2) is 7.05. The number of likely N-dealkylation sites (tertiary alicyclic amines) is 1. The van der Waals surface area contributed by atoms with E-state index in [1.54, 1.807) is 0 Å². The highest BCUT2D eigenvalue weighted by molar-refractivity contribution is 4.87. The molecule has 3 nitrogen and oxygen atoms in total. The van der Waals surface area contributed by atoms with Crippen molar-refractivity contribution < 1.29 is 5.11 Å². The molecule has 2 fully saturated rings. The molecule has 0 amide bonds. The van der Waals surface area contributed by atoms with Gasteiger partial charge in [0.25, 0.3) is 0 Å². The van der Waals surface area contributed by atoms with Crippen LogP contribution in [0, 0.1) is 5.41 Å². The van der Waals surface area contributed by atoms with Gasteiger partial charge in [-0.2, -0.15) is 0 Å². The average Bonchev–Trinajstić information content (AvgIpc) is 2.46. The van der Waals surface area contributed by atoms with Crippen LogP contribution in [-0.2, 0) is 0 Å². The van der Waals surface area contributed by atoms with Gasteiger partial charge in [0.2, 0.25) is 0 Å². The van der Waals surface area contributed by atoms with Crippen LogP contribution in [-0.4, -0.2) is 48.3 Å². The van der Waals surface area contributed by atoms with Gasteiger partial charge in [0, 0.05) is 30.7 Å². The molecule has 1 aliphatic carbocycles. The van der Waals surface area contributed by atoms with Crippen molar-refractivity contribution in [3.05, 3.63) is 0 Å². The average molecular weight is 268 g/mol. The van der Waals surface area contributed by atoms with Crippen molar-refractivity contribution in [1.29, 1.82) is 0 Å². The van der Waals surface area contributed by atoms with E-state index in [0.29, 0.717) is 18.7 Å². The number of aliphatic hydroxyl groups is 1. The Hall–Kier alpha value is -0.120. The van der Waals surface area contributed by atoms with Gasteiger partial charge in [-0.1, -0.05) is 19.3 Å². The van der Waals surface area contributed by atoms with Gasteiger partial charge < -0.3 is 15.3 Å². The molecule has 0 aromatic heterocycles. The summed E-state index contributed by atoms with van der Waals surface area (Å²) in [5.74, 6) is 0. The lowest BCUT2D eigenvalue weighted by Gasteiger charge is -2.39. The van der Waals surface area contributed by atoms with Crippen molar-refractivity contribution in [2.75, 3.05) is 26.2 Å². The molecule has 0 radical (unpaired) electrons. The molecule has 2 N–H and O–H groups in total. The number of hydrogen-bond donors (Lipinski definition) is 2. The maximum absolute atomic E-state index is 9.74. The minimum atomic E-state index is 0.188. The smallest absolute Gasteiger partial charge is 0.0499 e. The van der Waals surface area contributed by atoms with Crippen LogP contribution in [0.1, 0.15) is 58.8 Å². The molecule has 0 spiro atoms. The maximum atomic E-state index is 9.74. The fraction of sp³-hybridized carbons (Fsp3) is 1.00. The Labute approximate surface area is 118 Å². The van der Waals surface area contributed by atoms with Crippen LogP contribution in [0.5, 0.6) is 0 Å². The lowest BCUT2D eigenvalue weighted by molar-refractivity contribution is 0.0725. The second-order valence-corrected chi connectivity index (χ2v) is 7.00. The van der Waals surface area contributed by atoms with E-state index in [0.717, 1.165) is 6.54 Å². The highest BCUT2D eigenvalue weighted by Crippen LogP contribution is 2.35. The van der Waals surface area contributed by atoms with Crippen molar-refractivity contribution in [2.24, 2.45) is 5.41 Å². The minimum Gasteiger partial charge on any atom is -0.396 e. The van der Waals surface area contributed by atoms with Gasteiger partial charge in [0.05, 0.1) is 0 Å². The van der Waals surface area contributed by atoms with Crippen LogP contribution in [0.4, 0.5) is 0 Å². The van der Waals surface area contributed by atoms with Crippen LogP contribution < -0.4 is 5.32 Å². The minimum absolute atomic E-state index is 0.188. The van der Waals surface area contributed by atoms with Gasteiger partial charge in [-0.25, -0.2) is 0 Å². The van der Waals surface area contributed by atoms with Crippen molar-refractivity contribution in [2.45, 2.75) is 70.9 Å². The number of nitrogens with zero attached hydrogens (tertiary/aromatic N) is 1. The zero-order valence-electron chi connectivity index (χ0n) is 12.8. The van der Waals surface area contributed by atoms with E-state index >= 15 is 0 Å². The van der Waals surface area contributed by atoms with E-state index < -0.39 is 0 Å². The van der Waals surface area contributed by atoms with E-state index in [4.69, 9.17) is 0 Å². The van der Waals surface area contributed by atoms with Crippen molar-refractivity contribution in [3.8, 4) is 0 Å². The molecule has 2 rings (SSSR count). The van der Waals surface area contributed by atoms with Gasteiger partial charge in [0.15, 0.2) is 0 Å². The summed E-state index contributed by atoms with van der Waals surface area (Å²) in [5, 5.41) is 13.5. The Bertz CT molecular complexity index is 253. The molecule has 0 unspecified atom stereocenters. The molecular formula is C16H32N2O. The Morgan fingerprint density at radius 1 is 1.16 bits per heavy atom. The summed E-state index contributed by atoms with van der Waals surface area (Å²) >= 11 is 0. The van der Waals surface area contributed by atoms with Crippen LogP contribution in [0.15, 0.2) is 0 Å². The standard InChI is InChI=1S/C16H32N2O/c1-14(2)18-10-6-15(7-11-18)17-12-16(13-19)8-4-3-5-9-16/h14-15,17,19H,3-13H2,1-2H3. The lowest BCUT2D eigenvalue weighted by atomic mass is 9.74. The molecule has 0 bridgehead atoms. The molecule has 3 heteroatoms. The molecule has 1 aliphatic heterocycles. The number of nitrogens with one attached hydrogen (secondary N) is 1. The third-order valence-electron chi connectivity index (χ3n) is 5.28. The first-order valence-electron chi connectivity index (χ1n) is 8.23. The summed E-state index contributed by atoms with van der Waals surface area (Å²) in [6.07, 6.45) is 8.90. The Balaban J connectivity index is 1.73. The van der Waals surface area contributed by atoms with E-state index in [9.17, 15) is 5.11 Å². The van der Waals surface area contributed by atoms with E-state index in [-0.39, 0.29) is 5.41 Å². The number of rotatable bonds is 5. The highest BCUT2D eigenvalue weighted by atomic mass is 16.3. The summed E-state index contributed by atoms with van der Waals surface area (Å²) < 4.78 is 0. The number of piperidine rings is 1. The predicted molar refractivity (Wildman–Crippen MR) is 80.3 cm³/mol. The van der Waals surface area contributed by atoms with Crippen LogP contribution in [0.2, 0.25) is 0 Å². The first-order valence-corrected chi connectivity index (χ1v) is 8.23. The Morgan fingerprint density at radius 2 is 1.79 bits per heavy atom. The fourth-order valence-corrected chi connectivity index (χ4v) is 3.67. The summed E-state index contributed by atoms with van der Waals surface area (Å²) in [5.41, 5.74) is 0.188. The molecule has 112 valence electrons. The molecule has 19 heavy (non-hydrogen) atoms. The molecule has 0 aromatic rings. The second-order valence-electron chi connectivity index (χ2n) is 7.00. The third kappa shape index (κ3) is 4.17. The van der Waals surface area contributed by atoms with Gasteiger partial charge in [-0.3, -0.25) is 0 Å². The Morgan fingerprint density at radius 3 is 2.32 bits per heavy atom. The van der Waals surface area contributed by atoms with Gasteiger partial charge in [-0.15, -0.1) is 0 Å². The lowest BCUT2D eigenvalue weighted by Crippen LogP contribution is -2.48. The van der Waals surface area contributed by atoms with Gasteiger partial charge in [0.1, 0.15) is 0 Å². The van der Waals surface area contributed by atoms with Crippen LogP contribution >= 0.6 is 0 Å². The monoisotopic (exact) mass is 268 g/mol. The van der Waals surface area contributed by atoms with Crippen molar-refractivity contribution in [1.82, 2.24) is 10.2 Å². The maximum Gasteiger partial charge on any atom is 0.0499 e. The largest absolute Gasteiger partial charge is 0.396 e. The summed E-state index contributed by atoms with van der Waals surface area (Å²) in [6, 6.07) is 1.35. The van der Waals surface area contributed by atoms with Crippen LogP contribution in [0.25, 0.3) is 0 Å². The molecule has 0 atom stereocenters. The zero-order chi connectivity index (χ0) is 13.7. The normalized spacial score (nSPS) is 25.9. The molecular weight excluding hydrogens is 236 g/mol. The van der Waals surface area contributed by atoms with Crippen LogP contribution in [0.3, 0.4) is 0 Å². The first-order chi connectivity index (χ1) is 9.15. The van der Waals surface area contributed by atoms with Gasteiger partial charge >= 0.3 is 0 Å². The third-order valence-corrected chi connectivity index (χ3v) is 5.28. The fourth-order valence-electron chi connectivity index (χ4n) is 3.67. The first kappa shape index (κ1) is 15.3. The summed E-state index contributed by atoms with van der Waals surface area (Å²) in [6.45, 7) is 8.41. The number of aliphatic hydroxyl groups excluding tert-OH is 1. The van der Waals surface area contributed by atoms with Crippen molar-refractivity contribution >= 4 is 0 Å². The molecule has 1 saturated heterocycles. The van der Waals surface area contributed by atoms with E-state index in [1.807, 2.05) is 0 Å². The predicted octanol–water partition coefficient (Wildman–Crippen LogP) is 2.39. The topological polar surface area (TPSA) is 35.5 Å². The SMILES string of the molecule is CC(C)N1CCC(NCC2(CO)CCCCC2)CC1. The van der Waals surface area contributed by atoms with E-state index in [1.165, 1.54) is 58.0 Å². The van der Waals surface area contributed by atoms with Crippen molar-refractivity contribution in [3.63, 3.8) is 0 Å². The number of hydrogen-bond acceptors (Lipinski definition) is 3. The molecule has 2 aliphatic rings. The summed E-state index contributed by atoms with van der Waals surface area (Å²) in [7, 11) is 0. The molecule has 1 saturated carbocycles. The van der Waals surface area contributed by atoms with Gasteiger partial charge in [-0.05, 0) is 52.6 Å².